The fourth-order valence-electron chi connectivity index (χ4n) is 2.67. The Balaban J connectivity index is 4.66. The van der Waals surface area contributed by atoms with Crippen LogP contribution in [0.15, 0.2) is 0 Å². The SMILES string of the molecule is CC(C)(C)OC(=O)CCNCC(O)(COCCC(=O)OC(C)(C)C)COCCC(=O)OC(C)(C)C. The van der Waals surface area contributed by atoms with Crippen molar-refractivity contribution >= 4 is 17.9 Å². The van der Waals surface area contributed by atoms with E-state index in [1.54, 1.807) is 62.3 Å². The molecule has 0 unspecified atom stereocenters. The van der Waals surface area contributed by atoms with Crippen molar-refractivity contribution < 1.29 is 43.2 Å². The summed E-state index contributed by atoms with van der Waals surface area (Å²) in [4.78, 5) is 35.6. The molecule has 0 fully saturated rings. The van der Waals surface area contributed by atoms with Crippen LogP contribution in [0, 0.1) is 0 Å². The average molecular weight is 506 g/mol. The Labute approximate surface area is 210 Å². The summed E-state index contributed by atoms with van der Waals surface area (Å²) < 4.78 is 26.8. The molecule has 0 heterocycles. The zero-order valence-electron chi connectivity index (χ0n) is 23.1. The van der Waals surface area contributed by atoms with Crippen LogP contribution in [0.4, 0.5) is 0 Å². The van der Waals surface area contributed by atoms with Gasteiger partial charge in [-0.1, -0.05) is 0 Å². The monoisotopic (exact) mass is 505 g/mol. The van der Waals surface area contributed by atoms with Gasteiger partial charge < -0.3 is 34.1 Å². The van der Waals surface area contributed by atoms with Crippen LogP contribution in [0.5, 0.6) is 0 Å². The predicted octanol–water partition coefficient (Wildman–Crippen LogP) is 2.54. The summed E-state index contributed by atoms with van der Waals surface area (Å²) in [6.45, 7) is 16.3. The molecule has 0 aliphatic heterocycles. The Morgan fingerprint density at radius 3 is 1.31 bits per heavy atom. The molecule has 0 spiro atoms. The first kappa shape index (κ1) is 33.2. The molecule has 0 radical (unpaired) electrons. The zero-order chi connectivity index (χ0) is 27.3. The van der Waals surface area contributed by atoms with E-state index in [1.165, 1.54) is 0 Å². The van der Waals surface area contributed by atoms with E-state index >= 15 is 0 Å². The number of hydrogen-bond acceptors (Lipinski definition) is 10. The van der Waals surface area contributed by atoms with Gasteiger partial charge in [-0.15, -0.1) is 0 Å². The molecular formula is C25H47NO9. The lowest BCUT2D eigenvalue weighted by molar-refractivity contribution is -0.157. The highest BCUT2D eigenvalue weighted by Crippen LogP contribution is 2.12. The minimum absolute atomic E-state index is 0.0406. The number of rotatable bonds is 15. The van der Waals surface area contributed by atoms with E-state index in [0.29, 0.717) is 0 Å². The predicted molar refractivity (Wildman–Crippen MR) is 131 cm³/mol. The van der Waals surface area contributed by atoms with E-state index in [9.17, 15) is 19.5 Å². The van der Waals surface area contributed by atoms with Crippen molar-refractivity contribution in [3.63, 3.8) is 0 Å². The maximum absolute atomic E-state index is 11.9. The van der Waals surface area contributed by atoms with E-state index in [-0.39, 0.29) is 64.7 Å². The van der Waals surface area contributed by atoms with Gasteiger partial charge in [0.2, 0.25) is 0 Å². The second-order valence-corrected chi connectivity index (χ2v) is 11.5. The second kappa shape index (κ2) is 14.7. The van der Waals surface area contributed by atoms with Gasteiger partial charge in [-0.3, -0.25) is 14.4 Å². The fraction of sp³-hybridized carbons (Fsp3) is 0.880. The summed E-state index contributed by atoms with van der Waals surface area (Å²) in [5, 5.41) is 14.0. The van der Waals surface area contributed by atoms with E-state index in [4.69, 9.17) is 23.7 Å². The maximum Gasteiger partial charge on any atom is 0.308 e. The third kappa shape index (κ3) is 21.3. The molecule has 35 heavy (non-hydrogen) atoms. The standard InChI is InChI=1S/C25H47NO9/c1-22(2,3)33-19(27)10-13-26-16-25(30,17-31-14-11-20(28)34-23(4,5)6)18-32-15-12-21(29)35-24(7,8)9/h26,30H,10-18H2,1-9H3. The number of esters is 3. The van der Waals surface area contributed by atoms with Gasteiger partial charge >= 0.3 is 17.9 Å². The number of aliphatic hydroxyl groups is 1. The average Bonchev–Trinajstić information content (AvgIpc) is 2.62. The Kier molecular flexibility index (Phi) is 14.0. The summed E-state index contributed by atoms with van der Waals surface area (Å²) >= 11 is 0. The quantitative estimate of drug-likeness (QED) is 0.194. The van der Waals surface area contributed by atoms with Crippen molar-refractivity contribution in [2.45, 2.75) is 104 Å². The minimum Gasteiger partial charge on any atom is -0.460 e. The van der Waals surface area contributed by atoms with Crippen molar-refractivity contribution in [2.75, 3.05) is 39.5 Å². The largest absolute Gasteiger partial charge is 0.460 e. The van der Waals surface area contributed by atoms with E-state index in [2.05, 4.69) is 5.32 Å². The first-order chi connectivity index (χ1) is 15.8. The van der Waals surface area contributed by atoms with Crippen molar-refractivity contribution in [3.05, 3.63) is 0 Å². The molecule has 206 valence electrons. The molecule has 0 saturated heterocycles. The lowest BCUT2D eigenvalue weighted by Gasteiger charge is -2.28. The molecule has 0 atom stereocenters. The van der Waals surface area contributed by atoms with Crippen LogP contribution < -0.4 is 5.32 Å². The molecule has 0 aromatic carbocycles. The van der Waals surface area contributed by atoms with Crippen LogP contribution in [-0.2, 0) is 38.1 Å². The number of carbonyl (C=O) groups excluding carboxylic acids is 3. The molecule has 0 rings (SSSR count). The van der Waals surface area contributed by atoms with Gasteiger partial charge in [-0.05, 0) is 62.3 Å². The Bertz CT molecular complexity index is 569. The van der Waals surface area contributed by atoms with Crippen LogP contribution in [0.2, 0.25) is 0 Å². The summed E-state index contributed by atoms with van der Waals surface area (Å²) in [6.07, 6.45) is 0.212. The molecule has 2 N–H and O–H groups in total. The van der Waals surface area contributed by atoms with Crippen molar-refractivity contribution in [1.29, 1.82) is 0 Å². The highest BCUT2D eigenvalue weighted by Gasteiger charge is 2.28. The molecule has 10 nitrogen and oxygen atoms in total. The Morgan fingerprint density at radius 2 is 0.971 bits per heavy atom. The smallest absolute Gasteiger partial charge is 0.308 e. The molecule has 0 aromatic rings. The topological polar surface area (TPSA) is 130 Å². The van der Waals surface area contributed by atoms with E-state index < -0.39 is 34.3 Å². The Morgan fingerprint density at radius 1 is 0.629 bits per heavy atom. The highest BCUT2D eigenvalue weighted by molar-refractivity contribution is 5.70. The number of carbonyl (C=O) groups is 3. The summed E-state index contributed by atoms with van der Waals surface area (Å²) in [7, 11) is 0. The first-order valence-electron chi connectivity index (χ1n) is 12.0. The molecule has 0 amide bonds. The van der Waals surface area contributed by atoms with E-state index in [1.807, 2.05) is 0 Å². The van der Waals surface area contributed by atoms with Crippen LogP contribution >= 0.6 is 0 Å². The number of ether oxygens (including phenoxy) is 5. The lowest BCUT2D eigenvalue weighted by Crippen LogP contribution is -2.49. The molecular weight excluding hydrogens is 458 g/mol. The number of hydrogen-bond donors (Lipinski definition) is 2. The maximum atomic E-state index is 11.9. The molecule has 10 heteroatoms. The first-order valence-corrected chi connectivity index (χ1v) is 12.0. The molecule has 0 aliphatic rings. The second-order valence-electron chi connectivity index (χ2n) is 11.5. The van der Waals surface area contributed by atoms with Crippen LogP contribution in [0.3, 0.4) is 0 Å². The van der Waals surface area contributed by atoms with Gasteiger partial charge in [0, 0.05) is 13.1 Å². The zero-order valence-corrected chi connectivity index (χ0v) is 23.1. The van der Waals surface area contributed by atoms with Gasteiger partial charge in [-0.25, -0.2) is 0 Å². The van der Waals surface area contributed by atoms with Crippen molar-refractivity contribution in [2.24, 2.45) is 0 Å². The van der Waals surface area contributed by atoms with Gasteiger partial charge in [-0.2, -0.15) is 0 Å². The third-order valence-corrected chi connectivity index (χ3v) is 3.86. The molecule has 0 bridgehead atoms. The van der Waals surface area contributed by atoms with E-state index in [0.717, 1.165) is 0 Å². The van der Waals surface area contributed by atoms with Gasteiger partial charge in [0.15, 0.2) is 0 Å². The van der Waals surface area contributed by atoms with Crippen LogP contribution in [-0.4, -0.2) is 84.9 Å². The molecule has 0 saturated carbocycles. The van der Waals surface area contributed by atoms with Gasteiger partial charge in [0.25, 0.3) is 0 Å². The lowest BCUT2D eigenvalue weighted by atomic mass is 10.1. The Hall–Kier alpha value is -1.75. The van der Waals surface area contributed by atoms with Crippen molar-refractivity contribution in [1.82, 2.24) is 5.32 Å². The van der Waals surface area contributed by atoms with Gasteiger partial charge in [0.1, 0.15) is 22.4 Å². The summed E-state index contributed by atoms with van der Waals surface area (Å²) in [6, 6.07) is 0. The van der Waals surface area contributed by atoms with Crippen molar-refractivity contribution in [3.8, 4) is 0 Å². The molecule has 0 aliphatic carbocycles. The van der Waals surface area contributed by atoms with Crippen LogP contribution in [0.1, 0.15) is 81.6 Å². The number of nitrogens with one attached hydrogen (secondary N) is 1. The normalized spacial score (nSPS) is 12.9. The summed E-state index contributed by atoms with van der Waals surface area (Å²) in [5.74, 6) is -1.15. The minimum atomic E-state index is -1.45. The highest BCUT2D eigenvalue weighted by atomic mass is 16.6. The summed E-state index contributed by atoms with van der Waals surface area (Å²) in [5.41, 5.74) is -3.19. The third-order valence-electron chi connectivity index (χ3n) is 3.86. The fourth-order valence-corrected chi connectivity index (χ4v) is 2.67. The van der Waals surface area contributed by atoms with Gasteiger partial charge in [0.05, 0.1) is 45.7 Å². The van der Waals surface area contributed by atoms with Crippen LogP contribution in [0.25, 0.3) is 0 Å². The molecule has 0 aromatic heterocycles.